The second-order valence-electron chi connectivity index (χ2n) is 8.48. The molecule has 1 aliphatic carbocycles. The molecule has 31 heavy (non-hydrogen) atoms. The summed E-state index contributed by atoms with van der Waals surface area (Å²) >= 11 is 0. The first kappa shape index (κ1) is 18.7. The van der Waals surface area contributed by atoms with Crippen molar-refractivity contribution in [1.82, 2.24) is 20.3 Å². The lowest BCUT2D eigenvalue weighted by Crippen LogP contribution is -2.43. The molecule has 0 amide bonds. The van der Waals surface area contributed by atoms with Gasteiger partial charge in [-0.15, -0.1) is 0 Å². The number of benzene rings is 1. The van der Waals surface area contributed by atoms with Crippen molar-refractivity contribution in [2.45, 2.75) is 18.3 Å². The highest BCUT2D eigenvalue weighted by atomic mass is 16.5. The Morgan fingerprint density at radius 1 is 0.968 bits per heavy atom. The Bertz CT molecular complexity index is 1090. The molecule has 158 valence electrons. The van der Waals surface area contributed by atoms with E-state index in [2.05, 4.69) is 55.8 Å². The molecular weight excluding hydrogens is 388 g/mol. The van der Waals surface area contributed by atoms with E-state index in [-0.39, 0.29) is 5.41 Å². The average molecular weight is 415 g/mol. The molecule has 7 nitrogen and oxygen atoms in total. The molecule has 6 rings (SSSR count). The van der Waals surface area contributed by atoms with Crippen LogP contribution in [0.5, 0.6) is 0 Å². The summed E-state index contributed by atoms with van der Waals surface area (Å²) in [6.07, 6.45) is 7.67. The molecule has 0 unspecified atom stereocenters. The Morgan fingerprint density at radius 2 is 1.77 bits per heavy atom. The van der Waals surface area contributed by atoms with Crippen LogP contribution in [0.3, 0.4) is 0 Å². The van der Waals surface area contributed by atoms with E-state index >= 15 is 0 Å². The van der Waals surface area contributed by atoms with Crippen LogP contribution in [0.4, 0.5) is 17.3 Å². The van der Waals surface area contributed by atoms with E-state index in [0.717, 1.165) is 69.2 Å². The number of hydrogen-bond acceptors (Lipinski definition) is 7. The fourth-order valence-corrected chi connectivity index (χ4v) is 5.18. The highest BCUT2D eigenvalue weighted by molar-refractivity contribution is 5.79. The quantitative estimate of drug-likeness (QED) is 0.682. The lowest BCUT2D eigenvalue weighted by Gasteiger charge is -2.34. The van der Waals surface area contributed by atoms with Crippen LogP contribution in [0, 0.1) is 0 Å². The Morgan fingerprint density at radius 3 is 2.58 bits per heavy atom. The van der Waals surface area contributed by atoms with Gasteiger partial charge >= 0.3 is 0 Å². The van der Waals surface area contributed by atoms with Crippen molar-refractivity contribution in [2.75, 3.05) is 49.6 Å². The van der Waals surface area contributed by atoms with E-state index in [0.29, 0.717) is 5.95 Å². The number of nitrogens with zero attached hydrogens (tertiary/aromatic N) is 4. The molecule has 2 saturated heterocycles. The molecule has 2 fully saturated rings. The zero-order chi connectivity index (χ0) is 20.7. The average Bonchev–Trinajstić information content (AvgIpc) is 3.10. The van der Waals surface area contributed by atoms with Gasteiger partial charge in [-0.2, -0.15) is 0 Å². The zero-order valence-electron chi connectivity index (χ0n) is 17.5. The predicted octanol–water partition coefficient (Wildman–Crippen LogP) is 3.10. The molecule has 2 N–H and O–H groups in total. The topological polar surface area (TPSA) is 75.2 Å². The molecule has 3 aliphatic rings. The van der Waals surface area contributed by atoms with Crippen LogP contribution in [0.1, 0.15) is 24.1 Å². The number of nitrogens with one attached hydrogen (secondary N) is 2. The molecule has 2 aromatic heterocycles. The molecule has 7 heteroatoms. The van der Waals surface area contributed by atoms with Gasteiger partial charge in [-0.05, 0) is 54.3 Å². The maximum Gasteiger partial charge on any atom is 0.227 e. The standard InChI is InChI=1S/C24H26N6O/c1-3-18(30-11-9-25-10-12-30)4-2-17(1)28-23-27-15-20-19-5-8-26-16-21(19)24(22(20)29-23)6-13-31-14-7-24/h1-5,8,15-16,25H,6-7,9-14H2,(H,27,28,29). The molecule has 4 heterocycles. The minimum absolute atomic E-state index is 0.122. The van der Waals surface area contributed by atoms with E-state index < -0.39 is 0 Å². The van der Waals surface area contributed by atoms with Crippen LogP contribution in [-0.2, 0) is 10.2 Å². The number of rotatable bonds is 3. The smallest absolute Gasteiger partial charge is 0.227 e. The van der Waals surface area contributed by atoms with Gasteiger partial charge in [0.05, 0.1) is 5.69 Å². The normalized spacial score (nSPS) is 19.2. The second kappa shape index (κ2) is 7.59. The van der Waals surface area contributed by atoms with Gasteiger partial charge in [0.2, 0.25) is 5.95 Å². The van der Waals surface area contributed by atoms with Gasteiger partial charge in [0.1, 0.15) is 0 Å². The number of ether oxygens (including phenoxy) is 1. The molecule has 2 aliphatic heterocycles. The van der Waals surface area contributed by atoms with Crippen molar-refractivity contribution >= 4 is 17.3 Å². The third-order valence-electron chi connectivity index (χ3n) is 6.82. The van der Waals surface area contributed by atoms with Crippen molar-refractivity contribution < 1.29 is 4.74 Å². The minimum Gasteiger partial charge on any atom is -0.381 e. The summed E-state index contributed by atoms with van der Waals surface area (Å²) in [5.41, 5.74) is 6.83. The van der Waals surface area contributed by atoms with Crippen LogP contribution in [0.25, 0.3) is 11.1 Å². The third kappa shape index (κ3) is 3.16. The van der Waals surface area contributed by atoms with E-state index in [1.807, 2.05) is 18.6 Å². The number of aromatic nitrogens is 3. The van der Waals surface area contributed by atoms with E-state index in [1.165, 1.54) is 16.8 Å². The first-order valence-electron chi connectivity index (χ1n) is 11.1. The van der Waals surface area contributed by atoms with Gasteiger partial charge < -0.3 is 20.3 Å². The molecular formula is C24H26N6O. The Hall–Kier alpha value is -3.03. The van der Waals surface area contributed by atoms with E-state index in [1.54, 1.807) is 0 Å². The van der Waals surface area contributed by atoms with Gasteiger partial charge in [0.15, 0.2) is 0 Å². The maximum absolute atomic E-state index is 5.69. The first-order valence-corrected chi connectivity index (χ1v) is 11.1. The summed E-state index contributed by atoms with van der Waals surface area (Å²) in [7, 11) is 0. The van der Waals surface area contributed by atoms with E-state index in [9.17, 15) is 0 Å². The predicted molar refractivity (Wildman–Crippen MR) is 121 cm³/mol. The zero-order valence-corrected chi connectivity index (χ0v) is 17.5. The van der Waals surface area contributed by atoms with Crippen LogP contribution in [-0.4, -0.2) is 54.3 Å². The van der Waals surface area contributed by atoms with Crippen LogP contribution in [0.2, 0.25) is 0 Å². The van der Waals surface area contributed by atoms with Gasteiger partial charge in [-0.25, -0.2) is 9.97 Å². The first-order chi connectivity index (χ1) is 15.3. The van der Waals surface area contributed by atoms with E-state index in [4.69, 9.17) is 9.72 Å². The largest absolute Gasteiger partial charge is 0.381 e. The Kier molecular flexibility index (Phi) is 4.58. The molecule has 0 bridgehead atoms. The summed E-state index contributed by atoms with van der Waals surface area (Å²) in [5, 5.41) is 6.81. The van der Waals surface area contributed by atoms with Crippen LogP contribution in [0.15, 0.2) is 48.9 Å². The third-order valence-corrected chi connectivity index (χ3v) is 6.82. The lowest BCUT2D eigenvalue weighted by atomic mass is 9.75. The van der Waals surface area contributed by atoms with Gasteiger partial charge in [0.25, 0.3) is 0 Å². The minimum atomic E-state index is -0.122. The SMILES string of the molecule is c1cc2c(cn1)C1(CCOCC1)c1nc(Nc3ccc(N4CCNCC4)cc3)ncc1-2. The molecule has 0 atom stereocenters. The maximum atomic E-state index is 5.69. The van der Waals surface area contributed by atoms with Gasteiger partial charge in [0, 0.05) is 80.3 Å². The van der Waals surface area contributed by atoms with Crippen molar-refractivity contribution in [3.63, 3.8) is 0 Å². The fourth-order valence-electron chi connectivity index (χ4n) is 5.18. The molecule has 0 saturated carbocycles. The van der Waals surface area contributed by atoms with Crippen molar-refractivity contribution in [2.24, 2.45) is 0 Å². The molecule has 3 aromatic rings. The summed E-state index contributed by atoms with van der Waals surface area (Å²) in [5.74, 6) is 0.639. The number of fused-ring (bicyclic) bond motifs is 5. The monoisotopic (exact) mass is 414 g/mol. The highest BCUT2D eigenvalue weighted by Crippen LogP contribution is 2.52. The fraction of sp³-hybridized carbons (Fsp3) is 0.375. The Balaban J connectivity index is 1.30. The summed E-state index contributed by atoms with van der Waals surface area (Å²) in [6, 6.07) is 10.6. The number of hydrogen-bond donors (Lipinski definition) is 2. The lowest BCUT2D eigenvalue weighted by molar-refractivity contribution is 0.0631. The molecule has 1 spiro atoms. The number of piperazine rings is 1. The Labute approximate surface area is 181 Å². The number of anilines is 3. The van der Waals surface area contributed by atoms with Crippen molar-refractivity contribution in [1.29, 1.82) is 0 Å². The van der Waals surface area contributed by atoms with Crippen molar-refractivity contribution in [3.05, 3.63) is 60.2 Å². The van der Waals surface area contributed by atoms with Crippen molar-refractivity contribution in [3.8, 4) is 11.1 Å². The van der Waals surface area contributed by atoms with Gasteiger partial charge in [-0.1, -0.05) is 0 Å². The van der Waals surface area contributed by atoms with Crippen LogP contribution < -0.4 is 15.5 Å². The summed E-state index contributed by atoms with van der Waals surface area (Å²) in [6.45, 7) is 5.65. The highest BCUT2D eigenvalue weighted by Gasteiger charge is 2.46. The molecule has 1 aromatic carbocycles. The van der Waals surface area contributed by atoms with Crippen LogP contribution >= 0.6 is 0 Å². The summed E-state index contributed by atoms with van der Waals surface area (Å²) < 4.78 is 5.69. The molecule has 0 radical (unpaired) electrons. The second-order valence-corrected chi connectivity index (χ2v) is 8.48. The number of pyridine rings is 1. The van der Waals surface area contributed by atoms with Gasteiger partial charge in [-0.3, -0.25) is 4.98 Å². The summed E-state index contributed by atoms with van der Waals surface area (Å²) in [4.78, 5) is 16.5.